The molecule has 2 amide bonds. The van der Waals surface area contributed by atoms with Gasteiger partial charge in [-0.2, -0.15) is 0 Å². The summed E-state index contributed by atoms with van der Waals surface area (Å²) in [4.78, 5) is 17.0. The highest BCUT2D eigenvalue weighted by Gasteiger charge is 2.23. The maximum Gasteiger partial charge on any atom is 0.317 e. The monoisotopic (exact) mass is 363 g/mol. The van der Waals surface area contributed by atoms with E-state index in [9.17, 15) is 4.79 Å². The second-order valence-corrected chi connectivity index (χ2v) is 7.72. The molecule has 1 aliphatic heterocycles. The minimum atomic E-state index is 0.0388. The van der Waals surface area contributed by atoms with Gasteiger partial charge in [-0.1, -0.05) is 36.4 Å². The molecule has 4 rings (SSSR count). The number of carbonyl (C=O) groups excluding carboxylic acids is 1. The number of hydrogen-bond donors (Lipinski definition) is 1. The molecule has 0 unspecified atom stereocenters. The molecule has 0 spiro atoms. The highest BCUT2D eigenvalue weighted by atomic mass is 16.2. The first-order valence-corrected chi connectivity index (χ1v) is 10.2. The molecule has 0 bridgehead atoms. The van der Waals surface area contributed by atoms with Gasteiger partial charge in [-0.15, -0.1) is 0 Å². The van der Waals surface area contributed by atoms with Crippen LogP contribution in [0.1, 0.15) is 42.5 Å². The topological polar surface area (TPSA) is 35.6 Å². The van der Waals surface area contributed by atoms with Gasteiger partial charge in [-0.25, -0.2) is 4.79 Å². The van der Waals surface area contributed by atoms with Crippen molar-refractivity contribution in [1.82, 2.24) is 10.2 Å². The van der Waals surface area contributed by atoms with Crippen LogP contribution in [0.25, 0.3) is 0 Å². The highest BCUT2D eigenvalue weighted by molar-refractivity contribution is 5.75. The van der Waals surface area contributed by atoms with Crippen molar-refractivity contribution in [2.24, 2.45) is 0 Å². The third-order valence-corrected chi connectivity index (χ3v) is 5.90. The quantitative estimate of drug-likeness (QED) is 0.889. The summed E-state index contributed by atoms with van der Waals surface area (Å²) in [6.07, 6.45) is 4.95. The number of para-hydroxylation sites is 1. The normalized spacial score (nSPS) is 18.0. The average molecular weight is 364 g/mol. The molecule has 1 saturated heterocycles. The van der Waals surface area contributed by atoms with Crippen molar-refractivity contribution in [3.63, 3.8) is 0 Å². The number of anilines is 1. The predicted octanol–water partition coefficient (Wildman–Crippen LogP) is 4.16. The van der Waals surface area contributed by atoms with Gasteiger partial charge in [0.1, 0.15) is 0 Å². The molecule has 0 saturated carbocycles. The van der Waals surface area contributed by atoms with Crippen molar-refractivity contribution in [2.75, 3.05) is 31.1 Å². The average Bonchev–Trinajstić information content (AvgIpc) is 2.74. The number of amides is 2. The number of piperazine rings is 1. The molecule has 4 heteroatoms. The van der Waals surface area contributed by atoms with Gasteiger partial charge in [-0.3, -0.25) is 0 Å². The molecule has 4 nitrogen and oxygen atoms in total. The van der Waals surface area contributed by atoms with E-state index >= 15 is 0 Å². The summed E-state index contributed by atoms with van der Waals surface area (Å²) in [6, 6.07) is 17.3. The SMILES string of the molecule is C[C@@H](NC(=O)N1CCN(c2ccccc2)CC1)c1ccc2c(c1)CCCC2. The maximum absolute atomic E-state index is 12.7. The second kappa shape index (κ2) is 8.03. The number of aryl methyl sites for hydroxylation is 2. The third-order valence-electron chi connectivity index (χ3n) is 5.90. The Morgan fingerprint density at radius 3 is 2.37 bits per heavy atom. The molecule has 1 N–H and O–H groups in total. The fourth-order valence-electron chi connectivity index (χ4n) is 4.19. The molecule has 1 fully saturated rings. The number of carbonyl (C=O) groups is 1. The van der Waals surface area contributed by atoms with Gasteiger partial charge in [0.25, 0.3) is 0 Å². The van der Waals surface area contributed by atoms with Crippen molar-refractivity contribution in [2.45, 2.75) is 38.6 Å². The van der Waals surface area contributed by atoms with Crippen molar-refractivity contribution >= 4 is 11.7 Å². The smallest absolute Gasteiger partial charge is 0.317 e. The number of nitrogens with zero attached hydrogens (tertiary/aromatic N) is 2. The zero-order valence-electron chi connectivity index (χ0n) is 16.2. The van der Waals surface area contributed by atoms with E-state index in [0.717, 1.165) is 26.2 Å². The van der Waals surface area contributed by atoms with Crippen LogP contribution in [0.15, 0.2) is 48.5 Å². The Hall–Kier alpha value is -2.49. The van der Waals surface area contributed by atoms with Gasteiger partial charge in [0.2, 0.25) is 0 Å². The van der Waals surface area contributed by atoms with Crippen LogP contribution in [0.3, 0.4) is 0 Å². The molecule has 142 valence electrons. The lowest BCUT2D eigenvalue weighted by molar-refractivity contribution is 0.191. The van der Waals surface area contributed by atoms with Gasteiger partial charge in [0.05, 0.1) is 6.04 Å². The molecule has 2 aromatic rings. The minimum absolute atomic E-state index is 0.0388. The number of hydrogen-bond acceptors (Lipinski definition) is 2. The zero-order valence-corrected chi connectivity index (χ0v) is 16.2. The molecule has 0 radical (unpaired) electrons. The first-order chi connectivity index (χ1) is 13.2. The van der Waals surface area contributed by atoms with Crippen LogP contribution in [-0.4, -0.2) is 37.1 Å². The number of benzene rings is 2. The van der Waals surface area contributed by atoms with Crippen LogP contribution in [0, 0.1) is 0 Å². The molecule has 1 heterocycles. The van der Waals surface area contributed by atoms with Crippen LogP contribution in [0.5, 0.6) is 0 Å². The summed E-state index contributed by atoms with van der Waals surface area (Å²) in [5.74, 6) is 0. The Bertz CT molecular complexity index is 781. The van der Waals surface area contributed by atoms with Crippen molar-refractivity contribution in [1.29, 1.82) is 0 Å². The molecular formula is C23H29N3O. The van der Waals surface area contributed by atoms with E-state index in [1.165, 1.54) is 48.1 Å². The fraction of sp³-hybridized carbons (Fsp3) is 0.435. The summed E-state index contributed by atoms with van der Waals surface area (Å²) in [5.41, 5.74) is 5.41. The Balaban J connectivity index is 1.33. The summed E-state index contributed by atoms with van der Waals surface area (Å²) >= 11 is 0. The second-order valence-electron chi connectivity index (χ2n) is 7.72. The van der Waals surface area contributed by atoms with Crippen LogP contribution < -0.4 is 10.2 Å². The summed E-state index contributed by atoms with van der Waals surface area (Å²) in [6.45, 7) is 5.37. The minimum Gasteiger partial charge on any atom is -0.368 e. The Morgan fingerprint density at radius 2 is 1.63 bits per heavy atom. The van der Waals surface area contributed by atoms with Gasteiger partial charge >= 0.3 is 6.03 Å². The lowest BCUT2D eigenvalue weighted by atomic mass is 9.89. The van der Waals surface area contributed by atoms with Crippen molar-refractivity contribution < 1.29 is 4.79 Å². The van der Waals surface area contributed by atoms with E-state index in [0.29, 0.717) is 0 Å². The molecule has 2 aliphatic rings. The van der Waals surface area contributed by atoms with Gasteiger partial charge in [-0.05, 0) is 61.4 Å². The van der Waals surface area contributed by atoms with Crippen LogP contribution in [0.4, 0.5) is 10.5 Å². The number of nitrogens with one attached hydrogen (secondary N) is 1. The van der Waals surface area contributed by atoms with E-state index in [1.54, 1.807) is 0 Å². The van der Waals surface area contributed by atoms with Gasteiger partial charge < -0.3 is 15.1 Å². The van der Waals surface area contributed by atoms with Crippen molar-refractivity contribution in [3.05, 3.63) is 65.2 Å². The summed E-state index contributed by atoms with van der Waals surface area (Å²) < 4.78 is 0. The molecule has 0 aromatic heterocycles. The molecule has 1 aliphatic carbocycles. The first kappa shape index (κ1) is 17.9. The maximum atomic E-state index is 12.7. The zero-order chi connectivity index (χ0) is 18.6. The summed E-state index contributed by atoms with van der Waals surface area (Å²) in [7, 11) is 0. The summed E-state index contributed by atoms with van der Waals surface area (Å²) in [5, 5.41) is 3.20. The molecule has 27 heavy (non-hydrogen) atoms. The lowest BCUT2D eigenvalue weighted by Gasteiger charge is -2.36. The van der Waals surface area contributed by atoms with E-state index in [-0.39, 0.29) is 12.1 Å². The van der Waals surface area contributed by atoms with E-state index < -0.39 is 0 Å². The van der Waals surface area contributed by atoms with Crippen LogP contribution in [0.2, 0.25) is 0 Å². The van der Waals surface area contributed by atoms with Crippen LogP contribution in [-0.2, 0) is 12.8 Å². The number of fused-ring (bicyclic) bond motifs is 1. The van der Waals surface area contributed by atoms with E-state index in [1.807, 2.05) is 11.0 Å². The number of rotatable bonds is 3. The van der Waals surface area contributed by atoms with Crippen molar-refractivity contribution in [3.8, 4) is 0 Å². The van der Waals surface area contributed by atoms with Crippen LogP contribution >= 0.6 is 0 Å². The van der Waals surface area contributed by atoms with Gasteiger partial charge in [0, 0.05) is 31.9 Å². The van der Waals surface area contributed by atoms with Gasteiger partial charge in [0.15, 0.2) is 0 Å². The predicted molar refractivity (Wildman–Crippen MR) is 110 cm³/mol. The lowest BCUT2D eigenvalue weighted by Crippen LogP contribution is -2.52. The Morgan fingerprint density at radius 1 is 0.926 bits per heavy atom. The number of urea groups is 1. The fourth-order valence-corrected chi connectivity index (χ4v) is 4.19. The molecule has 1 atom stereocenters. The van der Waals surface area contributed by atoms with E-state index in [4.69, 9.17) is 0 Å². The Labute approximate surface area is 162 Å². The third kappa shape index (κ3) is 4.10. The molecular weight excluding hydrogens is 334 g/mol. The molecule has 2 aromatic carbocycles. The Kier molecular flexibility index (Phi) is 5.33. The largest absolute Gasteiger partial charge is 0.368 e. The highest BCUT2D eigenvalue weighted by Crippen LogP contribution is 2.25. The van der Waals surface area contributed by atoms with E-state index in [2.05, 4.69) is 59.6 Å². The standard InChI is InChI=1S/C23H29N3O/c1-18(20-12-11-19-7-5-6-8-21(19)17-20)24-23(27)26-15-13-25(14-16-26)22-9-3-2-4-10-22/h2-4,9-12,17-18H,5-8,13-16H2,1H3,(H,24,27)/t18-/m1/s1. The first-order valence-electron chi connectivity index (χ1n) is 10.2.